The third kappa shape index (κ3) is 2.50. The molecule has 0 spiro atoms. The minimum atomic E-state index is -0.142. The Labute approximate surface area is 74.3 Å². The Morgan fingerprint density at radius 3 is 2.67 bits per heavy atom. The second-order valence-corrected chi connectivity index (χ2v) is 3.66. The topological polar surface area (TPSA) is 26.3 Å². The summed E-state index contributed by atoms with van der Waals surface area (Å²) < 4.78 is 5.02. The lowest BCUT2D eigenvalue weighted by molar-refractivity contribution is -0.142. The third-order valence-electron chi connectivity index (χ3n) is 2.84. The molecule has 0 aliphatic heterocycles. The summed E-state index contributed by atoms with van der Waals surface area (Å²) >= 11 is 0. The van der Waals surface area contributed by atoms with Crippen LogP contribution >= 0.6 is 0 Å². The molecule has 0 saturated heterocycles. The van der Waals surface area contributed by atoms with Gasteiger partial charge in [0.05, 0.1) is 6.61 Å². The summed E-state index contributed by atoms with van der Waals surface area (Å²) in [6.45, 7) is 4.35. The maximum Gasteiger partial charge on any atom is 0.302 e. The van der Waals surface area contributed by atoms with E-state index < -0.39 is 0 Å². The van der Waals surface area contributed by atoms with Gasteiger partial charge < -0.3 is 4.74 Å². The van der Waals surface area contributed by atoms with Crippen LogP contribution in [0.1, 0.15) is 39.5 Å². The Balaban J connectivity index is 2.26. The van der Waals surface area contributed by atoms with Crippen molar-refractivity contribution in [1.82, 2.24) is 0 Å². The van der Waals surface area contributed by atoms with Crippen LogP contribution in [-0.2, 0) is 9.53 Å². The van der Waals surface area contributed by atoms with Crippen LogP contribution in [0.4, 0.5) is 0 Å². The van der Waals surface area contributed by atoms with Crippen molar-refractivity contribution in [2.45, 2.75) is 39.5 Å². The molecule has 2 atom stereocenters. The summed E-state index contributed by atoms with van der Waals surface area (Å²) in [5, 5.41) is 0. The Morgan fingerprint density at radius 1 is 1.42 bits per heavy atom. The van der Waals surface area contributed by atoms with Gasteiger partial charge in [0.2, 0.25) is 0 Å². The van der Waals surface area contributed by atoms with E-state index in [1.807, 2.05) is 0 Å². The highest BCUT2D eigenvalue weighted by atomic mass is 16.5. The minimum Gasteiger partial charge on any atom is -0.466 e. The Bertz CT molecular complexity index is 154. The summed E-state index contributed by atoms with van der Waals surface area (Å²) in [4.78, 5) is 10.6. The minimum absolute atomic E-state index is 0.142. The molecule has 70 valence electrons. The summed E-state index contributed by atoms with van der Waals surface area (Å²) in [5.41, 5.74) is 0. The van der Waals surface area contributed by atoms with E-state index >= 15 is 0 Å². The Morgan fingerprint density at radius 2 is 2.08 bits per heavy atom. The quantitative estimate of drug-likeness (QED) is 0.608. The zero-order valence-electron chi connectivity index (χ0n) is 8.01. The number of carbonyl (C=O) groups excluding carboxylic acids is 1. The first kappa shape index (κ1) is 9.56. The van der Waals surface area contributed by atoms with Crippen molar-refractivity contribution in [3.8, 4) is 0 Å². The lowest BCUT2D eigenvalue weighted by Gasteiger charge is -2.16. The highest BCUT2D eigenvalue weighted by Gasteiger charge is 2.26. The molecule has 0 amide bonds. The van der Waals surface area contributed by atoms with Crippen molar-refractivity contribution in [2.24, 2.45) is 11.8 Å². The summed E-state index contributed by atoms with van der Waals surface area (Å²) in [5.74, 6) is 1.29. The van der Waals surface area contributed by atoms with Crippen LogP contribution in [0, 0.1) is 11.8 Å². The number of carbonyl (C=O) groups is 1. The standard InChI is InChI=1S/C10H18O2/c1-3-9-5-4-6-10(9)7-12-8(2)11/h9-10H,3-7H2,1-2H3/t9-,10+/m1/s1. The fourth-order valence-corrected chi connectivity index (χ4v) is 2.09. The molecular formula is C10H18O2. The van der Waals surface area contributed by atoms with Gasteiger partial charge in [-0.15, -0.1) is 0 Å². The molecular weight excluding hydrogens is 152 g/mol. The van der Waals surface area contributed by atoms with Crippen LogP contribution in [0.5, 0.6) is 0 Å². The van der Waals surface area contributed by atoms with E-state index in [4.69, 9.17) is 4.74 Å². The molecule has 0 aromatic rings. The Hall–Kier alpha value is -0.530. The number of ether oxygens (including phenoxy) is 1. The second kappa shape index (κ2) is 4.48. The van der Waals surface area contributed by atoms with Gasteiger partial charge in [-0.3, -0.25) is 4.79 Å². The molecule has 0 aromatic carbocycles. The highest BCUT2D eigenvalue weighted by molar-refractivity contribution is 5.65. The number of esters is 1. The SMILES string of the molecule is CC[C@@H]1CCC[C@H]1COC(C)=O. The second-order valence-electron chi connectivity index (χ2n) is 3.66. The van der Waals surface area contributed by atoms with Crippen molar-refractivity contribution >= 4 is 5.97 Å². The smallest absolute Gasteiger partial charge is 0.302 e. The largest absolute Gasteiger partial charge is 0.466 e. The van der Waals surface area contributed by atoms with Gasteiger partial charge in [0, 0.05) is 6.92 Å². The molecule has 0 radical (unpaired) electrons. The van der Waals surface area contributed by atoms with Gasteiger partial charge in [0.25, 0.3) is 0 Å². The molecule has 0 aromatic heterocycles. The van der Waals surface area contributed by atoms with Gasteiger partial charge >= 0.3 is 5.97 Å². The van der Waals surface area contributed by atoms with Crippen LogP contribution in [0.2, 0.25) is 0 Å². The molecule has 12 heavy (non-hydrogen) atoms. The van der Waals surface area contributed by atoms with Gasteiger partial charge in [0.15, 0.2) is 0 Å². The maximum absolute atomic E-state index is 10.6. The van der Waals surface area contributed by atoms with E-state index in [0.29, 0.717) is 12.5 Å². The van der Waals surface area contributed by atoms with E-state index in [-0.39, 0.29) is 5.97 Å². The molecule has 0 heterocycles. The van der Waals surface area contributed by atoms with E-state index in [0.717, 1.165) is 5.92 Å². The molecule has 2 nitrogen and oxygen atoms in total. The monoisotopic (exact) mass is 170 g/mol. The molecule has 0 bridgehead atoms. The predicted molar refractivity (Wildman–Crippen MR) is 47.8 cm³/mol. The summed E-state index contributed by atoms with van der Waals surface area (Å²) in [6.07, 6.45) is 5.10. The molecule has 1 saturated carbocycles. The van der Waals surface area contributed by atoms with Gasteiger partial charge in [-0.2, -0.15) is 0 Å². The first-order chi connectivity index (χ1) is 5.74. The van der Waals surface area contributed by atoms with Crippen LogP contribution in [-0.4, -0.2) is 12.6 Å². The van der Waals surface area contributed by atoms with Crippen LogP contribution < -0.4 is 0 Å². The summed E-state index contributed by atoms with van der Waals surface area (Å²) in [6, 6.07) is 0. The van der Waals surface area contributed by atoms with Crippen molar-refractivity contribution in [1.29, 1.82) is 0 Å². The highest BCUT2D eigenvalue weighted by Crippen LogP contribution is 2.33. The first-order valence-corrected chi connectivity index (χ1v) is 4.87. The number of rotatable bonds is 3. The number of hydrogen-bond acceptors (Lipinski definition) is 2. The molecule has 1 aliphatic carbocycles. The van der Waals surface area contributed by atoms with Crippen LogP contribution in [0.25, 0.3) is 0 Å². The van der Waals surface area contributed by atoms with Gasteiger partial charge in [-0.1, -0.05) is 26.2 Å². The lowest BCUT2D eigenvalue weighted by atomic mass is 9.95. The van der Waals surface area contributed by atoms with Crippen LogP contribution in [0.3, 0.4) is 0 Å². The fraction of sp³-hybridized carbons (Fsp3) is 0.900. The third-order valence-corrected chi connectivity index (χ3v) is 2.84. The summed E-state index contributed by atoms with van der Waals surface area (Å²) in [7, 11) is 0. The van der Waals surface area contributed by atoms with E-state index in [9.17, 15) is 4.79 Å². The normalized spacial score (nSPS) is 28.8. The molecule has 1 fully saturated rings. The van der Waals surface area contributed by atoms with E-state index in [2.05, 4.69) is 6.92 Å². The Kier molecular flexibility index (Phi) is 3.57. The van der Waals surface area contributed by atoms with Crippen LogP contribution in [0.15, 0.2) is 0 Å². The molecule has 0 unspecified atom stereocenters. The number of hydrogen-bond donors (Lipinski definition) is 0. The average Bonchev–Trinajstić information content (AvgIpc) is 2.47. The molecule has 0 N–H and O–H groups in total. The lowest BCUT2D eigenvalue weighted by Crippen LogP contribution is -2.15. The zero-order chi connectivity index (χ0) is 8.97. The van der Waals surface area contributed by atoms with E-state index in [1.165, 1.54) is 32.6 Å². The van der Waals surface area contributed by atoms with Crippen molar-refractivity contribution in [3.63, 3.8) is 0 Å². The van der Waals surface area contributed by atoms with Gasteiger partial charge in [-0.25, -0.2) is 0 Å². The maximum atomic E-state index is 10.6. The van der Waals surface area contributed by atoms with Gasteiger partial charge in [0.1, 0.15) is 0 Å². The zero-order valence-corrected chi connectivity index (χ0v) is 8.01. The molecule has 1 aliphatic rings. The average molecular weight is 170 g/mol. The fourth-order valence-electron chi connectivity index (χ4n) is 2.09. The van der Waals surface area contributed by atoms with Crippen molar-refractivity contribution < 1.29 is 9.53 Å². The van der Waals surface area contributed by atoms with Gasteiger partial charge in [-0.05, 0) is 18.3 Å². The van der Waals surface area contributed by atoms with E-state index in [1.54, 1.807) is 0 Å². The predicted octanol–water partition coefficient (Wildman–Crippen LogP) is 2.38. The molecule has 1 rings (SSSR count). The molecule has 2 heteroatoms. The first-order valence-electron chi connectivity index (χ1n) is 4.87. The van der Waals surface area contributed by atoms with Crippen molar-refractivity contribution in [3.05, 3.63) is 0 Å². The van der Waals surface area contributed by atoms with Crippen molar-refractivity contribution in [2.75, 3.05) is 6.61 Å².